The summed E-state index contributed by atoms with van der Waals surface area (Å²) in [5, 5.41) is 10.5. The van der Waals surface area contributed by atoms with Crippen molar-refractivity contribution in [2.24, 2.45) is 23.7 Å². The second kappa shape index (κ2) is 2.50. The SMILES string of the molecule is CC1(O)C2CCC1C1CCCC2C1. The lowest BCUT2D eigenvalue weighted by Crippen LogP contribution is -2.49. The van der Waals surface area contributed by atoms with Crippen molar-refractivity contribution in [1.29, 1.82) is 0 Å². The van der Waals surface area contributed by atoms with Crippen LogP contribution >= 0.6 is 0 Å². The Labute approximate surface area is 80.5 Å². The molecule has 1 nitrogen and oxygen atoms in total. The summed E-state index contributed by atoms with van der Waals surface area (Å²) < 4.78 is 0. The topological polar surface area (TPSA) is 20.2 Å². The molecule has 0 aromatic heterocycles. The molecule has 13 heavy (non-hydrogen) atoms. The normalized spacial score (nSPS) is 59.5. The molecular formula is C12H20O. The van der Waals surface area contributed by atoms with E-state index in [1.54, 1.807) is 0 Å². The Bertz CT molecular complexity index is 201. The molecule has 0 aromatic rings. The van der Waals surface area contributed by atoms with Crippen LogP contribution in [0.3, 0.4) is 0 Å². The number of fused-ring (bicyclic) bond motifs is 6. The first-order valence-electron chi connectivity index (χ1n) is 5.92. The van der Waals surface area contributed by atoms with Gasteiger partial charge in [0.15, 0.2) is 0 Å². The molecule has 1 heteroatoms. The minimum absolute atomic E-state index is 0.298. The lowest BCUT2D eigenvalue weighted by atomic mass is 9.60. The molecule has 0 saturated heterocycles. The Balaban J connectivity index is 1.97. The number of hydrogen-bond acceptors (Lipinski definition) is 1. The fraction of sp³-hybridized carbons (Fsp3) is 1.00. The highest BCUT2D eigenvalue weighted by atomic mass is 16.3. The molecule has 0 spiro atoms. The van der Waals surface area contributed by atoms with Crippen LogP contribution < -0.4 is 0 Å². The van der Waals surface area contributed by atoms with E-state index in [0.29, 0.717) is 11.8 Å². The van der Waals surface area contributed by atoms with E-state index in [1.165, 1.54) is 38.5 Å². The molecular weight excluding hydrogens is 160 g/mol. The molecule has 3 aliphatic rings. The van der Waals surface area contributed by atoms with Gasteiger partial charge in [0, 0.05) is 0 Å². The van der Waals surface area contributed by atoms with Gasteiger partial charge in [-0.3, -0.25) is 0 Å². The van der Waals surface area contributed by atoms with Gasteiger partial charge in [-0.2, -0.15) is 0 Å². The maximum atomic E-state index is 10.5. The van der Waals surface area contributed by atoms with Crippen molar-refractivity contribution in [2.75, 3.05) is 0 Å². The molecule has 4 unspecified atom stereocenters. The average molecular weight is 180 g/mol. The largest absolute Gasteiger partial charge is 0.390 e. The zero-order chi connectivity index (χ0) is 9.05. The minimum Gasteiger partial charge on any atom is -0.390 e. The summed E-state index contributed by atoms with van der Waals surface area (Å²) in [6, 6.07) is 0. The van der Waals surface area contributed by atoms with Crippen molar-refractivity contribution >= 4 is 0 Å². The maximum absolute atomic E-state index is 10.5. The second-order valence-corrected chi connectivity index (χ2v) is 5.70. The second-order valence-electron chi connectivity index (χ2n) is 5.70. The number of rotatable bonds is 0. The van der Waals surface area contributed by atoms with Crippen molar-refractivity contribution in [2.45, 2.75) is 51.0 Å². The predicted octanol–water partition coefficient (Wildman–Crippen LogP) is 2.58. The molecule has 3 rings (SSSR count). The molecule has 0 heterocycles. The summed E-state index contributed by atoms with van der Waals surface area (Å²) in [6.07, 6.45) is 8.26. The fourth-order valence-electron chi connectivity index (χ4n) is 4.64. The average Bonchev–Trinajstić information content (AvgIpc) is 2.33. The molecule has 4 atom stereocenters. The third-order valence-electron chi connectivity index (χ3n) is 5.18. The summed E-state index contributed by atoms with van der Waals surface area (Å²) in [5.41, 5.74) is -0.298. The Hall–Kier alpha value is -0.0400. The van der Waals surface area contributed by atoms with Crippen molar-refractivity contribution in [1.82, 2.24) is 0 Å². The van der Waals surface area contributed by atoms with Gasteiger partial charge in [0.25, 0.3) is 0 Å². The van der Waals surface area contributed by atoms with Crippen LogP contribution in [0.2, 0.25) is 0 Å². The van der Waals surface area contributed by atoms with Crippen molar-refractivity contribution in [3.8, 4) is 0 Å². The van der Waals surface area contributed by atoms with E-state index >= 15 is 0 Å². The van der Waals surface area contributed by atoms with Crippen LogP contribution in [0.1, 0.15) is 45.4 Å². The number of hydrogen-bond donors (Lipinski definition) is 1. The molecule has 0 amide bonds. The molecule has 0 aliphatic heterocycles. The van der Waals surface area contributed by atoms with E-state index in [1.807, 2.05) is 0 Å². The molecule has 3 saturated carbocycles. The van der Waals surface area contributed by atoms with Crippen LogP contribution in [-0.2, 0) is 0 Å². The zero-order valence-corrected chi connectivity index (χ0v) is 8.50. The zero-order valence-electron chi connectivity index (χ0n) is 8.50. The van der Waals surface area contributed by atoms with Crippen LogP contribution in [0.25, 0.3) is 0 Å². The third kappa shape index (κ3) is 0.971. The standard InChI is InChI=1S/C12H20O/c1-12(13)10-5-6-11(12)9-4-2-3-8(10)7-9/h8-11,13H,2-7H2,1H3. The van der Waals surface area contributed by atoms with Crippen molar-refractivity contribution in [3.63, 3.8) is 0 Å². The van der Waals surface area contributed by atoms with Gasteiger partial charge in [-0.05, 0) is 49.9 Å². The van der Waals surface area contributed by atoms with Gasteiger partial charge in [0.05, 0.1) is 5.60 Å². The summed E-state index contributed by atoms with van der Waals surface area (Å²) in [6.45, 7) is 2.11. The van der Waals surface area contributed by atoms with Crippen LogP contribution in [0.5, 0.6) is 0 Å². The Morgan fingerprint density at radius 1 is 1.00 bits per heavy atom. The van der Waals surface area contributed by atoms with Gasteiger partial charge in [0.2, 0.25) is 0 Å². The first-order chi connectivity index (χ1) is 6.19. The lowest BCUT2D eigenvalue weighted by Gasteiger charge is -2.48. The molecule has 0 radical (unpaired) electrons. The molecule has 1 N–H and O–H groups in total. The summed E-state index contributed by atoms with van der Waals surface area (Å²) in [7, 11) is 0. The van der Waals surface area contributed by atoms with E-state index in [2.05, 4.69) is 6.92 Å². The van der Waals surface area contributed by atoms with Gasteiger partial charge in [-0.1, -0.05) is 19.3 Å². The molecule has 4 bridgehead atoms. The Kier molecular flexibility index (Phi) is 1.59. The molecule has 3 aliphatic carbocycles. The van der Waals surface area contributed by atoms with E-state index in [9.17, 15) is 5.11 Å². The monoisotopic (exact) mass is 180 g/mol. The number of aliphatic hydroxyl groups is 1. The minimum atomic E-state index is -0.298. The maximum Gasteiger partial charge on any atom is 0.0681 e. The van der Waals surface area contributed by atoms with E-state index in [-0.39, 0.29) is 5.60 Å². The van der Waals surface area contributed by atoms with E-state index in [0.717, 1.165) is 11.8 Å². The smallest absolute Gasteiger partial charge is 0.0681 e. The van der Waals surface area contributed by atoms with Gasteiger partial charge < -0.3 is 5.11 Å². The predicted molar refractivity (Wildman–Crippen MR) is 52.3 cm³/mol. The first kappa shape index (κ1) is 8.28. The van der Waals surface area contributed by atoms with Gasteiger partial charge in [-0.15, -0.1) is 0 Å². The van der Waals surface area contributed by atoms with Crippen LogP contribution in [0, 0.1) is 23.7 Å². The Morgan fingerprint density at radius 2 is 1.54 bits per heavy atom. The molecule has 74 valence electrons. The highest BCUT2D eigenvalue weighted by Gasteiger charge is 2.56. The van der Waals surface area contributed by atoms with Gasteiger partial charge in [-0.25, -0.2) is 0 Å². The fourth-order valence-corrected chi connectivity index (χ4v) is 4.64. The van der Waals surface area contributed by atoms with Crippen LogP contribution in [-0.4, -0.2) is 10.7 Å². The highest BCUT2D eigenvalue weighted by molar-refractivity contribution is 5.06. The first-order valence-corrected chi connectivity index (χ1v) is 5.92. The summed E-state index contributed by atoms with van der Waals surface area (Å²) in [5.74, 6) is 3.03. The Morgan fingerprint density at radius 3 is 2.08 bits per heavy atom. The summed E-state index contributed by atoms with van der Waals surface area (Å²) in [4.78, 5) is 0. The van der Waals surface area contributed by atoms with Gasteiger partial charge in [0.1, 0.15) is 0 Å². The summed E-state index contributed by atoms with van der Waals surface area (Å²) >= 11 is 0. The van der Waals surface area contributed by atoms with Crippen LogP contribution in [0.15, 0.2) is 0 Å². The van der Waals surface area contributed by atoms with E-state index < -0.39 is 0 Å². The van der Waals surface area contributed by atoms with Crippen molar-refractivity contribution < 1.29 is 5.11 Å². The molecule has 0 aromatic carbocycles. The molecule has 3 fully saturated rings. The van der Waals surface area contributed by atoms with Gasteiger partial charge >= 0.3 is 0 Å². The van der Waals surface area contributed by atoms with Crippen LogP contribution in [0.4, 0.5) is 0 Å². The third-order valence-corrected chi connectivity index (χ3v) is 5.18. The highest BCUT2D eigenvalue weighted by Crippen LogP contribution is 2.58. The van der Waals surface area contributed by atoms with E-state index in [4.69, 9.17) is 0 Å². The van der Waals surface area contributed by atoms with Crippen molar-refractivity contribution in [3.05, 3.63) is 0 Å². The lowest BCUT2D eigenvalue weighted by molar-refractivity contribution is -0.105. The quantitative estimate of drug-likeness (QED) is 0.607.